The van der Waals surface area contributed by atoms with Crippen molar-refractivity contribution in [3.05, 3.63) is 65.5 Å². The van der Waals surface area contributed by atoms with Crippen LogP contribution in [-0.4, -0.2) is 54.2 Å². The molecule has 138 valence electrons. The summed E-state index contributed by atoms with van der Waals surface area (Å²) in [5.74, 6) is -1.71. The molecule has 1 heterocycles. The van der Waals surface area contributed by atoms with Crippen molar-refractivity contribution in [2.24, 2.45) is 0 Å². The third-order valence-corrected chi connectivity index (χ3v) is 5.36. The largest absolute Gasteiger partial charge is 0.336 e. The van der Waals surface area contributed by atoms with Crippen molar-refractivity contribution in [2.45, 2.75) is 4.90 Å². The van der Waals surface area contributed by atoms with Crippen LogP contribution in [0.2, 0.25) is 0 Å². The molecular weight excluding hydrogens is 361 g/mol. The number of hydrogen-bond donors (Lipinski definition) is 0. The molecule has 2 aromatic carbocycles. The minimum absolute atomic E-state index is 0.160. The van der Waals surface area contributed by atoms with Crippen LogP contribution >= 0.6 is 11.8 Å². The number of hydrogen-bond acceptors (Lipinski definition) is 3. The van der Waals surface area contributed by atoms with Gasteiger partial charge in [-0.25, -0.2) is 13.2 Å². The molecule has 1 aliphatic heterocycles. The first-order valence-electron chi connectivity index (χ1n) is 8.38. The molecule has 1 amide bonds. The van der Waals surface area contributed by atoms with E-state index >= 15 is 0 Å². The summed E-state index contributed by atoms with van der Waals surface area (Å²) in [5.41, 5.74) is 0.160. The first kappa shape index (κ1) is 18.8. The standard InChI is InChI=1S/C19H19F3N2OS/c20-15-6-5-14(13-17(15)22)19(25)24-9-7-23(8-10-24)11-12-26-18-4-2-1-3-16(18)21/h1-6,13H,7-12H2. The van der Waals surface area contributed by atoms with Gasteiger partial charge < -0.3 is 4.90 Å². The zero-order valence-corrected chi connectivity index (χ0v) is 14.9. The van der Waals surface area contributed by atoms with E-state index in [2.05, 4.69) is 4.90 Å². The molecular formula is C19H19F3N2OS. The van der Waals surface area contributed by atoms with E-state index < -0.39 is 11.6 Å². The Labute approximate surface area is 154 Å². The minimum Gasteiger partial charge on any atom is -0.336 e. The van der Waals surface area contributed by atoms with Crippen LogP contribution in [0.5, 0.6) is 0 Å². The average molecular weight is 380 g/mol. The van der Waals surface area contributed by atoms with E-state index in [-0.39, 0.29) is 17.3 Å². The molecule has 0 radical (unpaired) electrons. The lowest BCUT2D eigenvalue weighted by atomic mass is 10.1. The highest BCUT2D eigenvalue weighted by Crippen LogP contribution is 2.21. The van der Waals surface area contributed by atoms with E-state index in [1.54, 1.807) is 17.0 Å². The van der Waals surface area contributed by atoms with Gasteiger partial charge in [-0.2, -0.15) is 0 Å². The second-order valence-corrected chi connectivity index (χ2v) is 7.18. The summed E-state index contributed by atoms with van der Waals surface area (Å²) in [6.45, 7) is 3.26. The van der Waals surface area contributed by atoms with E-state index in [0.717, 1.165) is 24.4 Å². The Balaban J connectivity index is 1.46. The minimum atomic E-state index is -1.01. The van der Waals surface area contributed by atoms with E-state index in [9.17, 15) is 18.0 Å². The number of carbonyl (C=O) groups is 1. The number of benzene rings is 2. The maximum absolute atomic E-state index is 13.6. The number of rotatable bonds is 5. The third-order valence-electron chi connectivity index (χ3n) is 4.33. The van der Waals surface area contributed by atoms with Crippen LogP contribution in [-0.2, 0) is 0 Å². The van der Waals surface area contributed by atoms with Crippen LogP contribution in [0, 0.1) is 17.5 Å². The lowest BCUT2D eigenvalue weighted by Gasteiger charge is -2.34. The highest BCUT2D eigenvalue weighted by Gasteiger charge is 2.22. The second-order valence-electron chi connectivity index (χ2n) is 6.04. The number of nitrogens with zero attached hydrogens (tertiary/aromatic N) is 2. The van der Waals surface area contributed by atoms with Gasteiger partial charge in [0.05, 0.1) is 0 Å². The predicted molar refractivity (Wildman–Crippen MR) is 95.8 cm³/mol. The van der Waals surface area contributed by atoms with Gasteiger partial charge in [0.2, 0.25) is 0 Å². The van der Waals surface area contributed by atoms with Crippen molar-refractivity contribution in [2.75, 3.05) is 38.5 Å². The molecule has 0 atom stereocenters. The second kappa shape index (κ2) is 8.60. The molecule has 1 fully saturated rings. The Morgan fingerprint density at radius 2 is 1.65 bits per heavy atom. The molecule has 0 spiro atoms. The zero-order valence-electron chi connectivity index (χ0n) is 14.1. The van der Waals surface area contributed by atoms with Gasteiger partial charge in [0.15, 0.2) is 11.6 Å². The van der Waals surface area contributed by atoms with Crippen LogP contribution in [0.25, 0.3) is 0 Å². The number of carbonyl (C=O) groups excluding carboxylic acids is 1. The van der Waals surface area contributed by atoms with E-state index in [1.165, 1.54) is 23.9 Å². The predicted octanol–water partition coefficient (Wildman–Crippen LogP) is 3.65. The Kier molecular flexibility index (Phi) is 6.21. The SMILES string of the molecule is O=C(c1ccc(F)c(F)c1)N1CCN(CCSc2ccccc2F)CC1. The van der Waals surface area contributed by atoms with E-state index in [4.69, 9.17) is 0 Å². The number of amides is 1. The van der Waals surface area contributed by atoms with E-state index in [0.29, 0.717) is 31.1 Å². The Morgan fingerprint density at radius 3 is 2.35 bits per heavy atom. The van der Waals surface area contributed by atoms with Gasteiger partial charge >= 0.3 is 0 Å². The molecule has 3 nitrogen and oxygen atoms in total. The summed E-state index contributed by atoms with van der Waals surface area (Å²) in [4.78, 5) is 16.9. The fourth-order valence-corrected chi connectivity index (χ4v) is 3.78. The fourth-order valence-electron chi connectivity index (χ4n) is 2.83. The van der Waals surface area contributed by atoms with Gasteiger partial charge in [-0.3, -0.25) is 9.69 Å². The average Bonchev–Trinajstić information content (AvgIpc) is 2.65. The van der Waals surface area contributed by atoms with Crippen LogP contribution in [0.3, 0.4) is 0 Å². The molecule has 26 heavy (non-hydrogen) atoms. The molecule has 0 bridgehead atoms. The summed E-state index contributed by atoms with van der Waals surface area (Å²) < 4.78 is 39.9. The summed E-state index contributed by atoms with van der Waals surface area (Å²) in [5, 5.41) is 0. The lowest BCUT2D eigenvalue weighted by Crippen LogP contribution is -2.49. The van der Waals surface area contributed by atoms with Gasteiger partial charge in [0, 0.05) is 48.9 Å². The Hall–Kier alpha value is -1.99. The van der Waals surface area contributed by atoms with Gasteiger partial charge in [-0.15, -0.1) is 11.8 Å². The van der Waals surface area contributed by atoms with Crippen molar-refractivity contribution in [1.82, 2.24) is 9.80 Å². The highest BCUT2D eigenvalue weighted by atomic mass is 32.2. The lowest BCUT2D eigenvalue weighted by molar-refractivity contribution is 0.0644. The Bertz CT molecular complexity index is 779. The topological polar surface area (TPSA) is 23.6 Å². The van der Waals surface area contributed by atoms with Crippen LogP contribution in [0.15, 0.2) is 47.4 Å². The van der Waals surface area contributed by atoms with Crippen LogP contribution < -0.4 is 0 Å². The number of piperazine rings is 1. The zero-order chi connectivity index (χ0) is 18.5. The molecule has 1 aliphatic rings. The molecule has 0 N–H and O–H groups in total. The molecule has 0 aromatic heterocycles. The van der Waals surface area contributed by atoms with Gasteiger partial charge in [0.25, 0.3) is 5.91 Å². The van der Waals surface area contributed by atoms with Crippen molar-refractivity contribution in [3.63, 3.8) is 0 Å². The van der Waals surface area contributed by atoms with Crippen LogP contribution in [0.1, 0.15) is 10.4 Å². The molecule has 0 unspecified atom stereocenters. The summed E-state index contributed by atoms with van der Waals surface area (Å²) in [6, 6.07) is 9.91. The van der Waals surface area contributed by atoms with E-state index in [1.807, 2.05) is 6.07 Å². The monoisotopic (exact) mass is 380 g/mol. The molecule has 2 aromatic rings. The molecule has 0 aliphatic carbocycles. The van der Waals surface area contributed by atoms with Gasteiger partial charge in [-0.05, 0) is 30.3 Å². The summed E-state index contributed by atoms with van der Waals surface area (Å²) in [6.07, 6.45) is 0. The quantitative estimate of drug-likeness (QED) is 0.740. The van der Waals surface area contributed by atoms with Crippen molar-refractivity contribution in [3.8, 4) is 0 Å². The summed E-state index contributed by atoms with van der Waals surface area (Å²) >= 11 is 1.47. The molecule has 3 rings (SSSR count). The maximum atomic E-state index is 13.6. The third kappa shape index (κ3) is 4.59. The molecule has 1 saturated heterocycles. The highest BCUT2D eigenvalue weighted by molar-refractivity contribution is 7.99. The normalized spacial score (nSPS) is 15.3. The summed E-state index contributed by atoms with van der Waals surface area (Å²) in [7, 11) is 0. The van der Waals surface area contributed by atoms with Gasteiger partial charge in [0.1, 0.15) is 5.82 Å². The number of halogens is 3. The first-order chi connectivity index (χ1) is 12.5. The number of thioether (sulfide) groups is 1. The van der Waals surface area contributed by atoms with Crippen molar-refractivity contribution < 1.29 is 18.0 Å². The fraction of sp³-hybridized carbons (Fsp3) is 0.316. The van der Waals surface area contributed by atoms with Gasteiger partial charge in [-0.1, -0.05) is 12.1 Å². The first-order valence-corrected chi connectivity index (χ1v) is 9.37. The molecule has 7 heteroatoms. The molecule has 0 saturated carbocycles. The van der Waals surface area contributed by atoms with Crippen molar-refractivity contribution >= 4 is 17.7 Å². The smallest absolute Gasteiger partial charge is 0.254 e. The van der Waals surface area contributed by atoms with Crippen molar-refractivity contribution in [1.29, 1.82) is 0 Å². The maximum Gasteiger partial charge on any atom is 0.254 e. The van der Waals surface area contributed by atoms with Crippen LogP contribution in [0.4, 0.5) is 13.2 Å². The Morgan fingerprint density at radius 1 is 0.923 bits per heavy atom.